The van der Waals surface area contributed by atoms with E-state index in [4.69, 9.17) is 15.2 Å². The molecule has 0 bridgehead atoms. The molecule has 2 N–H and O–H groups in total. The van der Waals surface area contributed by atoms with Gasteiger partial charge in [0, 0.05) is 5.56 Å². The molecule has 0 heterocycles. The fourth-order valence-corrected chi connectivity index (χ4v) is 2.15. The molecule has 1 rings (SSSR count). The van der Waals surface area contributed by atoms with Crippen molar-refractivity contribution in [2.45, 2.75) is 32.6 Å². The molecule has 0 spiro atoms. The minimum absolute atomic E-state index is 0.457. The molecule has 1 unspecified atom stereocenters. The number of methoxy groups -OCH3 is 2. The van der Waals surface area contributed by atoms with Crippen LogP contribution in [0.2, 0.25) is 0 Å². The Bertz CT molecular complexity index is 363. The van der Waals surface area contributed by atoms with Gasteiger partial charge in [0.2, 0.25) is 0 Å². The van der Waals surface area contributed by atoms with Crippen molar-refractivity contribution in [3.8, 4) is 11.5 Å². The van der Waals surface area contributed by atoms with Crippen molar-refractivity contribution in [2.75, 3.05) is 20.8 Å². The Labute approximate surface area is 104 Å². The number of rotatable bonds is 6. The first-order valence-electron chi connectivity index (χ1n) is 6.07. The summed E-state index contributed by atoms with van der Waals surface area (Å²) in [7, 11) is 3.39. The molecule has 0 saturated carbocycles. The van der Waals surface area contributed by atoms with E-state index in [1.54, 1.807) is 14.2 Å². The zero-order valence-corrected chi connectivity index (χ0v) is 11.2. The number of ether oxygens (including phenoxy) is 2. The highest BCUT2D eigenvalue weighted by molar-refractivity contribution is 5.50. The minimum Gasteiger partial charge on any atom is -0.496 e. The second-order valence-corrected chi connectivity index (χ2v) is 4.35. The van der Waals surface area contributed by atoms with Crippen LogP contribution < -0.4 is 15.2 Å². The van der Waals surface area contributed by atoms with Crippen LogP contribution in [0.4, 0.5) is 0 Å². The first kappa shape index (κ1) is 13.8. The Hall–Kier alpha value is -1.22. The van der Waals surface area contributed by atoms with Crippen molar-refractivity contribution in [1.29, 1.82) is 0 Å². The molecule has 0 aliphatic heterocycles. The quantitative estimate of drug-likeness (QED) is 0.827. The molecule has 3 nitrogen and oxygen atoms in total. The van der Waals surface area contributed by atoms with E-state index >= 15 is 0 Å². The predicted molar refractivity (Wildman–Crippen MR) is 71.0 cm³/mol. The summed E-state index contributed by atoms with van der Waals surface area (Å²) in [6.45, 7) is 4.97. The number of nitrogens with two attached hydrogens (primary N) is 1. The molecule has 1 aromatic rings. The van der Waals surface area contributed by atoms with Gasteiger partial charge in [-0.1, -0.05) is 13.0 Å². The normalized spacial score (nSPS) is 12.3. The van der Waals surface area contributed by atoms with E-state index in [0.717, 1.165) is 36.4 Å². The summed E-state index contributed by atoms with van der Waals surface area (Å²) >= 11 is 0. The zero-order chi connectivity index (χ0) is 12.8. The molecule has 1 aromatic carbocycles. The lowest BCUT2D eigenvalue weighted by Crippen LogP contribution is -2.04. The molecule has 0 saturated heterocycles. The van der Waals surface area contributed by atoms with Gasteiger partial charge in [0.25, 0.3) is 0 Å². The smallest absolute Gasteiger partial charge is 0.128 e. The summed E-state index contributed by atoms with van der Waals surface area (Å²) < 4.78 is 10.8. The van der Waals surface area contributed by atoms with Gasteiger partial charge in [-0.05, 0) is 43.9 Å². The molecule has 0 amide bonds. The highest BCUT2D eigenvalue weighted by Gasteiger charge is 2.15. The van der Waals surface area contributed by atoms with Crippen molar-refractivity contribution in [1.82, 2.24) is 0 Å². The van der Waals surface area contributed by atoms with Gasteiger partial charge in [-0.15, -0.1) is 0 Å². The molecule has 96 valence electrons. The molecule has 0 aromatic heterocycles. The fourth-order valence-electron chi connectivity index (χ4n) is 2.15. The van der Waals surface area contributed by atoms with E-state index in [9.17, 15) is 0 Å². The second-order valence-electron chi connectivity index (χ2n) is 4.35. The largest absolute Gasteiger partial charge is 0.496 e. The lowest BCUT2D eigenvalue weighted by atomic mass is 9.93. The van der Waals surface area contributed by atoms with Crippen molar-refractivity contribution in [3.05, 3.63) is 23.3 Å². The van der Waals surface area contributed by atoms with E-state index in [2.05, 4.69) is 13.0 Å². The van der Waals surface area contributed by atoms with Crippen molar-refractivity contribution in [3.63, 3.8) is 0 Å². The maximum atomic E-state index is 5.55. The van der Waals surface area contributed by atoms with Crippen molar-refractivity contribution < 1.29 is 9.47 Å². The van der Waals surface area contributed by atoms with Crippen LogP contribution in [0, 0.1) is 6.92 Å². The number of benzene rings is 1. The van der Waals surface area contributed by atoms with Crippen LogP contribution in [0.1, 0.15) is 36.8 Å². The average Bonchev–Trinajstić information content (AvgIpc) is 2.35. The SMILES string of the molecule is COc1ccc(C(C)CCCN)c(OC)c1C. The summed E-state index contributed by atoms with van der Waals surface area (Å²) in [5.41, 5.74) is 7.85. The first-order valence-corrected chi connectivity index (χ1v) is 6.07. The third kappa shape index (κ3) is 3.13. The summed E-state index contributed by atoms with van der Waals surface area (Å²) in [5.74, 6) is 2.27. The van der Waals surface area contributed by atoms with E-state index in [1.807, 2.05) is 13.0 Å². The van der Waals surface area contributed by atoms with Crippen LogP contribution in [0.25, 0.3) is 0 Å². The van der Waals surface area contributed by atoms with E-state index in [-0.39, 0.29) is 0 Å². The van der Waals surface area contributed by atoms with Crippen LogP contribution in [0.5, 0.6) is 11.5 Å². The summed E-state index contributed by atoms with van der Waals surface area (Å²) in [6, 6.07) is 4.10. The monoisotopic (exact) mass is 237 g/mol. The van der Waals surface area contributed by atoms with Crippen LogP contribution in [0.15, 0.2) is 12.1 Å². The van der Waals surface area contributed by atoms with Gasteiger partial charge in [0.15, 0.2) is 0 Å². The third-order valence-corrected chi connectivity index (χ3v) is 3.18. The summed E-state index contributed by atoms with van der Waals surface area (Å²) in [4.78, 5) is 0. The van der Waals surface area contributed by atoms with Gasteiger partial charge in [-0.3, -0.25) is 0 Å². The number of hydrogen-bond donors (Lipinski definition) is 1. The van der Waals surface area contributed by atoms with E-state index in [1.165, 1.54) is 5.56 Å². The van der Waals surface area contributed by atoms with Crippen LogP contribution in [-0.2, 0) is 0 Å². The molecule has 0 radical (unpaired) electrons. The molecule has 1 atom stereocenters. The highest BCUT2D eigenvalue weighted by atomic mass is 16.5. The Kier molecular flexibility index (Phi) is 5.29. The Morgan fingerprint density at radius 2 is 1.94 bits per heavy atom. The molecular formula is C14H23NO2. The van der Waals surface area contributed by atoms with Crippen LogP contribution in [-0.4, -0.2) is 20.8 Å². The topological polar surface area (TPSA) is 44.5 Å². The van der Waals surface area contributed by atoms with Crippen molar-refractivity contribution in [2.24, 2.45) is 5.73 Å². The van der Waals surface area contributed by atoms with Gasteiger partial charge >= 0.3 is 0 Å². The standard InChI is InChI=1S/C14H23NO2/c1-10(6-5-9-15)12-7-8-13(16-3)11(2)14(12)17-4/h7-8,10H,5-6,9,15H2,1-4H3. The lowest BCUT2D eigenvalue weighted by Gasteiger charge is -2.19. The minimum atomic E-state index is 0.457. The zero-order valence-electron chi connectivity index (χ0n) is 11.2. The lowest BCUT2D eigenvalue weighted by molar-refractivity contribution is 0.382. The second kappa shape index (κ2) is 6.50. The van der Waals surface area contributed by atoms with Gasteiger partial charge in [0.1, 0.15) is 11.5 Å². The van der Waals surface area contributed by atoms with Gasteiger partial charge in [-0.2, -0.15) is 0 Å². The third-order valence-electron chi connectivity index (χ3n) is 3.18. The number of hydrogen-bond acceptors (Lipinski definition) is 3. The Morgan fingerprint density at radius 3 is 2.47 bits per heavy atom. The average molecular weight is 237 g/mol. The molecule has 0 fully saturated rings. The van der Waals surface area contributed by atoms with Gasteiger partial charge in [0.05, 0.1) is 14.2 Å². The summed E-state index contributed by atoms with van der Waals surface area (Å²) in [6.07, 6.45) is 2.12. The highest BCUT2D eigenvalue weighted by Crippen LogP contribution is 2.36. The summed E-state index contributed by atoms with van der Waals surface area (Å²) in [5, 5.41) is 0. The van der Waals surface area contributed by atoms with Crippen LogP contribution >= 0.6 is 0 Å². The maximum Gasteiger partial charge on any atom is 0.128 e. The molecule has 3 heteroatoms. The first-order chi connectivity index (χ1) is 8.15. The molecule has 0 aliphatic rings. The van der Waals surface area contributed by atoms with E-state index < -0.39 is 0 Å². The van der Waals surface area contributed by atoms with Crippen LogP contribution in [0.3, 0.4) is 0 Å². The Balaban J connectivity index is 3.03. The van der Waals surface area contributed by atoms with E-state index in [0.29, 0.717) is 5.92 Å². The van der Waals surface area contributed by atoms with Crippen molar-refractivity contribution >= 4 is 0 Å². The van der Waals surface area contributed by atoms with Gasteiger partial charge in [-0.25, -0.2) is 0 Å². The predicted octanol–water partition coefficient (Wildman–Crippen LogP) is 2.85. The maximum absolute atomic E-state index is 5.55. The molecule has 17 heavy (non-hydrogen) atoms. The Morgan fingerprint density at radius 1 is 1.24 bits per heavy atom. The molecule has 0 aliphatic carbocycles. The fraction of sp³-hybridized carbons (Fsp3) is 0.571. The molecular weight excluding hydrogens is 214 g/mol. The van der Waals surface area contributed by atoms with Gasteiger partial charge < -0.3 is 15.2 Å².